The van der Waals surface area contributed by atoms with E-state index in [-0.39, 0.29) is 0 Å². The SMILES string of the molecule is COc1ccc2c(c1)c(CCN(C)c1nccc(NCc3ccc4[nH]ccc4c3)n1)cn2C. The summed E-state index contributed by atoms with van der Waals surface area (Å²) in [6.45, 7) is 1.52. The van der Waals surface area contributed by atoms with E-state index in [1.165, 1.54) is 27.4 Å². The Morgan fingerprint density at radius 1 is 1.12 bits per heavy atom. The molecule has 7 nitrogen and oxygen atoms in total. The molecule has 0 aliphatic carbocycles. The number of methoxy groups -OCH3 is 1. The molecule has 2 aromatic carbocycles. The van der Waals surface area contributed by atoms with Crippen LogP contribution in [0.5, 0.6) is 5.75 Å². The van der Waals surface area contributed by atoms with E-state index >= 15 is 0 Å². The van der Waals surface area contributed by atoms with Crippen LogP contribution in [-0.2, 0) is 20.0 Å². The Balaban J connectivity index is 1.25. The van der Waals surface area contributed by atoms with Crippen molar-refractivity contribution in [1.82, 2.24) is 19.5 Å². The predicted octanol–water partition coefficient (Wildman–Crippen LogP) is 4.75. The number of hydrogen-bond acceptors (Lipinski definition) is 5. The van der Waals surface area contributed by atoms with E-state index in [0.717, 1.165) is 30.0 Å². The molecule has 5 rings (SSSR count). The highest BCUT2D eigenvalue weighted by Crippen LogP contribution is 2.26. The molecule has 0 saturated carbocycles. The first-order valence-corrected chi connectivity index (χ1v) is 11.1. The Kier molecular flexibility index (Phi) is 5.60. The normalized spacial score (nSPS) is 11.2. The lowest BCUT2D eigenvalue weighted by molar-refractivity contribution is 0.415. The summed E-state index contributed by atoms with van der Waals surface area (Å²) in [7, 11) is 5.81. The standard InChI is InChI=1S/C26H28N6O/c1-31(13-10-20-17-32(2)24-7-5-21(33-3)15-22(20)24)26-28-12-9-25(30-26)29-16-18-4-6-23-19(14-18)8-11-27-23/h4-9,11-12,14-15,17,27H,10,13,16H2,1-3H3,(H,28,29,30). The number of anilines is 2. The maximum absolute atomic E-state index is 5.42. The number of benzene rings is 2. The van der Waals surface area contributed by atoms with Crippen LogP contribution in [0.4, 0.5) is 11.8 Å². The molecule has 7 heteroatoms. The Morgan fingerprint density at radius 3 is 2.91 bits per heavy atom. The van der Waals surface area contributed by atoms with E-state index in [2.05, 4.69) is 74.4 Å². The molecule has 5 aromatic rings. The molecular weight excluding hydrogens is 412 g/mol. The highest BCUT2D eigenvalue weighted by molar-refractivity contribution is 5.85. The number of fused-ring (bicyclic) bond motifs is 2. The van der Waals surface area contributed by atoms with Gasteiger partial charge in [-0.2, -0.15) is 4.98 Å². The first-order chi connectivity index (χ1) is 16.1. The second-order valence-electron chi connectivity index (χ2n) is 8.31. The zero-order chi connectivity index (χ0) is 22.8. The van der Waals surface area contributed by atoms with Gasteiger partial charge in [0.15, 0.2) is 0 Å². The van der Waals surface area contributed by atoms with Crippen molar-refractivity contribution in [3.8, 4) is 5.75 Å². The molecule has 2 N–H and O–H groups in total. The molecule has 3 aromatic heterocycles. The maximum Gasteiger partial charge on any atom is 0.226 e. The van der Waals surface area contributed by atoms with Gasteiger partial charge in [0, 0.05) is 62.2 Å². The van der Waals surface area contributed by atoms with Crippen molar-refractivity contribution in [2.24, 2.45) is 7.05 Å². The topological polar surface area (TPSA) is 71.0 Å². The molecule has 0 bridgehead atoms. The van der Waals surface area contributed by atoms with Crippen LogP contribution in [0.15, 0.2) is 67.1 Å². The van der Waals surface area contributed by atoms with Gasteiger partial charge >= 0.3 is 0 Å². The monoisotopic (exact) mass is 440 g/mol. The molecule has 0 amide bonds. The lowest BCUT2D eigenvalue weighted by atomic mass is 10.1. The van der Waals surface area contributed by atoms with Crippen LogP contribution in [0.1, 0.15) is 11.1 Å². The molecule has 33 heavy (non-hydrogen) atoms. The smallest absolute Gasteiger partial charge is 0.226 e. The Morgan fingerprint density at radius 2 is 2.03 bits per heavy atom. The van der Waals surface area contributed by atoms with Crippen molar-refractivity contribution < 1.29 is 4.74 Å². The Hall–Kier alpha value is -4.00. The minimum atomic E-state index is 0.707. The fraction of sp³-hybridized carbons (Fsp3) is 0.231. The fourth-order valence-electron chi connectivity index (χ4n) is 4.20. The van der Waals surface area contributed by atoms with Gasteiger partial charge in [-0.15, -0.1) is 0 Å². The van der Waals surface area contributed by atoms with Gasteiger partial charge in [-0.05, 0) is 65.4 Å². The number of H-pyrrole nitrogens is 1. The summed E-state index contributed by atoms with van der Waals surface area (Å²) in [5.41, 5.74) is 4.85. The summed E-state index contributed by atoms with van der Waals surface area (Å²) in [5, 5.41) is 5.86. The minimum Gasteiger partial charge on any atom is -0.497 e. The lowest BCUT2D eigenvalue weighted by Crippen LogP contribution is -2.22. The summed E-state index contributed by atoms with van der Waals surface area (Å²) in [6, 6.07) is 16.6. The third-order valence-electron chi connectivity index (χ3n) is 6.07. The van der Waals surface area contributed by atoms with E-state index < -0.39 is 0 Å². The molecule has 0 unspecified atom stereocenters. The summed E-state index contributed by atoms with van der Waals surface area (Å²) in [5.74, 6) is 2.40. The molecule has 0 atom stereocenters. The summed E-state index contributed by atoms with van der Waals surface area (Å²) >= 11 is 0. The number of rotatable bonds is 8. The number of nitrogens with one attached hydrogen (secondary N) is 2. The molecule has 3 heterocycles. The van der Waals surface area contributed by atoms with Gasteiger partial charge in [0.05, 0.1) is 7.11 Å². The molecule has 168 valence electrons. The highest BCUT2D eigenvalue weighted by atomic mass is 16.5. The van der Waals surface area contributed by atoms with E-state index in [4.69, 9.17) is 9.72 Å². The van der Waals surface area contributed by atoms with Crippen molar-refractivity contribution in [3.63, 3.8) is 0 Å². The second kappa shape index (κ2) is 8.86. The zero-order valence-electron chi connectivity index (χ0n) is 19.2. The highest BCUT2D eigenvalue weighted by Gasteiger charge is 2.11. The Labute approximate surface area is 193 Å². The van der Waals surface area contributed by atoms with Gasteiger partial charge in [-0.3, -0.25) is 0 Å². The molecule has 0 fully saturated rings. The van der Waals surface area contributed by atoms with Gasteiger partial charge in [0.2, 0.25) is 5.95 Å². The van der Waals surface area contributed by atoms with Crippen LogP contribution in [0.25, 0.3) is 21.8 Å². The van der Waals surface area contributed by atoms with Gasteiger partial charge in [0.1, 0.15) is 11.6 Å². The average Bonchev–Trinajstić information content (AvgIpc) is 3.44. The van der Waals surface area contributed by atoms with Crippen molar-refractivity contribution in [2.75, 3.05) is 30.9 Å². The minimum absolute atomic E-state index is 0.707. The van der Waals surface area contributed by atoms with E-state index in [1.54, 1.807) is 13.3 Å². The second-order valence-corrected chi connectivity index (χ2v) is 8.31. The largest absolute Gasteiger partial charge is 0.497 e. The van der Waals surface area contributed by atoms with Gasteiger partial charge in [0.25, 0.3) is 0 Å². The molecule has 0 radical (unpaired) electrons. The van der Waals surface area contributed by atoms with Crippen LogP contribution in [0, 0.1) is 0 Å². The number of nitrogens with zero attached hydrogens (tertiary/aromatic N) is 4. The number of ether oxygens (including phenoxy) is 1. The molecular formula is C26H28N6O. The van der Waals surface area contributed by atoms with Crippen molar-refractivity contribution in [3.05, 3.63) is 78.2 Å². The van der Waals surface area contributed by atoms with Crippen LogP contribution in [0.3, 0.4) is 0 Å². The number of aromatic nitrogens is 4. The number of hydrogen-bond donors (Lipinski definition) is 2. The van der Waals surface area contributed by atoms with Crippen LogP contribution < -0.4 is 15.0 Å². The summed E-state index contributed by atoms with van der Waals surface area (Å²) in [6.07, 6.45) is 6.85. The van der Waals surface area contributed by atoms with Crippen LogP contribution in [-0.4, -0.2) is 40.2 Å². The first kappa shape index (κ1) is 20.9. The van der Waals surface area contributed by atoms with E-state index in [0.29, 0.717) is 12.5 Å². The van der Waals surface area contributed by atoms with Crippen molar-refractivity contribution in [1.29, 1.82) is 0 Å². The lowest BCUT2D eigenvalue weighted by Gasteiger charge is -2.17. The van der Waals surface area contributed by atoms with E-state index in [1.807, 2.05) is 25.4 Å². The Bertz CT molecular complexity index is 1400. The van der Waals surface area contributed by atoms with Gasteiger partial charge < -0.3 is 24.5 Å². The third-order valence-corrected chi connectivity index (χ3v) is 6.07. The quantitative estimate of drug-likeness (QED) is 0.364. The molecule has 0 aliphatic heterocycles. The summed E-state index contributed by atoms with van der Waals surface area (Å²) in [4.78, 5) is 14.5. The van der Waals surface area contributed by atoms with Crippen LogP contribution >= 0.6 is 0 Å². The number of likely N-dealkylation sites (N-methyl/N-ethyl adjacent to an activating group) is 1. The first-order valence-electron chi connectivity index (χ1n) is 11.1. The summed E-state index contributed by atoms with van der Waals surface area (Å²) < 4.78 is 7.58. The fourth-order valence-corrected chi connectivity index (χ4v) is 4.20. The van der Waals surface area contributed by atoms with Gasteiger partial charge in [-0.25, -0.2) is 4.98 Å². The van der Waals surface area contributed by atoms with Crippen LogP contribution in [0.2, 0.25) is 0 Å². The predicted molar refractivity (Wildman–Crippen MR) is 134 cm³/mol. The molecule has 0 saturated heterocycles. The zero-order valence-corrected chi connectivity index (χ0v) is 19.2. The van der Waals surface area contributed by atoms with E-state index in [9.17, 15) is 0 Å². The maximum atomic E-state index is 5.42. The average molecular weight is 441 g/mol. The van der Waals surface area contributed by atoms with Crippen molar-refractivity contribution >= 4 is 33.6 Å². The number of aryl methyl sites for hydroxylation is 1. The van der Waals surface area contributed by atoms with Crippen molar-refractivity contribution in [2.45, 2.75) is 13.0 Å². The molecule has 0 spiro atoms. The third kappa shape index (κ3) is 4.35. The molecule has 0 aliphatic rings. The number of aromatic amines is 1. The van der Waals surface area contributed by atoms with Gasteiger partial charge in [-0.1, -0.05) is 6.07 Å².